The van der Waals surface area contributed by atoms with E-state index in [2.05, 4.69) is 15.2 Å². The molecule has 1 aromatic carbocycles. The smallest absolute Gasteiger partial charge is 0.340 e. The van der Waals surface area contributed by atoms with Gasteiger partial charge < -0.3 is 9.15 Å². The molecular weight excluding hydrogens is 453 g/mol. The SMILES string of the molecule is CNS(=O)(=O)Nc1nccc(Cc2c(C)c3ccc(Oc4cccnn4)cc3oc2=O)c1F. The lowest BCUT2D eigenvalue weighted by Crippen LogP contribution is -2.27. The molecule has 12 heteroatoms. The first-order chi connectivity index (χ1) is 15.8. The first-order valence-corrected chi connectivity index (χ1v) is 11.1. The number of hydrogen-bond acceptors (Lipinski definition) is 8. The Labute approximate surface area is 187 Å². The quantitative estimate of drug-likeness (QED) is 0.393. The number of halogens is 1. The molecule has 0 spiro atoms. The maximum atomic E-state index is 14.9. The molecule has 0 radical (unpaired) electrons. The average molecular weight is 471 g/mol. The number of aryl methyl sites for hydroxylation is 1. The summed E-state index contributed by atoms with van der Waals surface area (Å²) in [6.07, 6.45) is 2.64. The van der Waals surface area contributed by atoms with Crippen LogP contribution in [0.1, 0.15) is 16.7 Å². The van der Waals surface area contributed by atoms with Gasteiger partial charge in [0.25, 0.3) is 10.2 Å². The molecule has 0 aliphatic carbocycles. The number of anilines is 1. The molecule has 0 saturated heterocycles. The largest absolute Gasteiger partial charge is 0.437 e. The van der Waals surface area contributed by atoms with Crippen LogP contribution in [-0.2, 0) is 16.6 Å². The van der Waals surface area contributed by atoms with Crippen LogP contribution in [0.5, 0.6) is 11.6 Å². The molecule has 4 rings (SSSR count). The van der Waals surface area contributed by atoms with Crippen LogP contribution < -0.4 is 19.8 Å². The van der Waals surface area contributed by atoms with Crippen molar-refractivity contribution in [1.29, 1.82) is 0 Å². The highest BCUT2D eigenvalue weighted by molar-refractivity contribution is 7.90. The van der Waals surface area contributed by atoms with Crippen LogP contribution in [0.3, 0.4) is 0 Å². The molecule has 0 saturated carbocycles. The van der Waals surface area contributed by atoms with Crippen LogP contribution in [0.4, 0.5) is 10.2 Å². The van der Waals surface area contributed by atoms with Crippen molar-refractivity contribution < 1.29 is 22.0 Å². The minimum atomic E-state index is -3.96. The summed E-state index contributed by atoms with van der Waals surface area (Å²) in [5.41, 5.74) is 0.556. The molecule has 170 valence electrons. The summed E-state index contributed by atoms with van der Waals surface area (Å²) in [5.74, 6) is -0.677. The molecule has 0 aliphatic rings. The van der Waals surface area contributed by atoms with Gasteiger partial charge in [-0.15, -0.1) is 5.10 Å². The minimum Gasteiger partial charge on any atom is -0.437 e. The lowest BCUT2D eigenvalue weighted by Gasteiger charge is -2.12. The molecule has 3 aromatic heterocycles. The Morgan fingerprint density at radius 1 is 1.18 bits per heavy atom. The standard InChI is InChI=1S/C21H18FN5O5S/c1-12-15-6-5-14(31-18-4-3-8-25-26-18)11-17(15)32-21(28)16(12)10-13-7-9-24-20(19(13)22)27-33(29,30)23-2/h3-9,11,23H,10H2,1-2H3,(H,24,27). The van der Waals surface area contributed by atoms with Crippen molar-refractivity contribution in [2.24, 2.45) is 0 Å². The Morgan fingerprint density at radius 3 is 2.73 bits per heavy atom. The number of benzene rings is 1. The maximum absolute atomic E-state index is 14.9. The van der Waals surface area contributed by atoms with E-state index in [1.54, 1.807) is 37.3 Å². The zero-order valence-corrected chi connectivity index (χ0v) is 18.3. The minimum absolute atomic E-state index is 0.0798. The summed E-state index contributed by atoms with van der Waals surface area (Å²) in [6.45, 7) is 1.72. The fraction of sp³-hybridized carbons (Fsp3) is 0.143. The number of pyridine rings is 1. The first kappa shape index (κ1) is 22.3. The van der Waals surface area contributed by atoms with Crippen molar-refractivity contribution in [1.82, 2.24) is 19.9 Å². The number of ether oxygens (including phenoxy) is 1. The normalized spacial score (nSPS) is 11.5. The van der Waals surface area contributed by atoms with Crippen LogP contribution in [0.2, 0.25) is 0 Å². The molecule has 0 amide bonds. The zero-order chi connectivity index (χ0) is 23.6. The van der Waals surface area contributed by atoms with Gasteiger partial charge in [0, 0.05) is 48.9 Å². The van der Waals surface area contributed by atoms with Crippen molar-refractivity contribution in [2.45, 2.75) is 13.3 Å². The van der Waals surface area contributed by atoms with E-state index in [1.165, 1.54) is 25.5 Å². The average Bonchev–Trinajstić information content (AvgIpc) is 2.79. The Balaban J connectivity index is 1.68. The highest BCUT2D eigenvalue weighted by Crippen LogP contribution is 2.28. The summed E-state index contributed by atoms with van der Waals surface area (Å²) < 4.78 is 53.3. The predicted octanol–water partition coefficient (Wildman–Crippen LogP) is 2.68. The van der Waals surface area contributed by atoms with Crippen LogP contribution in [0.25, 0.3) is 11.0 Å². The van der Waals surface area contributed by atoms with E-state index < -0.39 is 27.5 Å². The van der Waals surface area contributed by atoms with Crippen LogP contribution in [0, 0.1) is 12.7 Å². The molecule has 3 heterocycles. The third kappa shape index (κ3) is 4.81. The number of aromatic nitrogens is 3. The van der Waals surface area contributed by atoms with Crippen LogP contribution in [-0.4, -0.2) is 30.6 Å². The van der Waals surface area contributed by atoms with Crippen molar-refractivity contribution in [3.05, 3.63) is 81.7 Å². The molecule has 0 bridgehead atoms. The van der Waals surface area contributed by atoms with Gasteiger partial charge in [0.1, 0.15) is 11.3 Å². The molecule has 2 N–H and O–H groups in total. The van der Waals surface area contributed by atoms with E-state index >= 15 is 0 Å². The lowest BCUT2D eigenvalue weighted by molar-refractivity contribution is 0.453. The Hall–Kier alpha value is -3.90. The van der Waals surface area contributed by atoms with Gasteiger partial charge in [0.05, 0.1) is 0 Å². The van der Waals surface area contributed by atoms with E-state index in [9.17, 15) is 17.6 Å². The molecule has 0 unspecified atom stereocenters. The monoisotopic (exact) mass is 471 g/mol. The molecule has 10 nitrogen and oxygen atoms in total. The van der Waals surface area contributed by atoms with E-state index in [0.717, 1.165) is 0 Å². The van der Waals surface area contributed by atoms with Crippen LogP contribution in [0.15, 0.2) is 58.0 Å². The third-order valence-electron chi connectivity index (χ3n) is 4.87. The molecule has 33 heavy (non-hydrogen) atoms. The number of nitrogens with zero attached hydrogens (tertiary/aromatic N) is 3. The van der Waals surface area contributed by atoms with Crippen molar-refractivity contribution in [3.63, 3.8) is 0 Å². The molecule has 0 aliphatic heterocycles. The summed E-state index contributed by atoms with van der Waals surface area (Å²) in [5, 5.41) is 8.22. The highest BCUT2D eigenvalue weighted by atomic mass is 32.2. The second-order valence-electron chi connectivity index (χ2n) is 6.93. The van der Waals surface area contributed by atoms with Gasteiger partial charge in [0.15, 0.2) is 11.6 Å². The maximum Gasteiger partial charge on any atom is 0.340 e. The second-order valence-corrected chi connectivity index (χ2v) is 8.55. The topological polar surface area (TPSA) is 136 Å². The van der Waals surface area contributed by atoms with Crippen molar-refractivity contribution >= 4 is 27.0 Å². The summed E-state index contributed by atoms with van der Waals surface area (Å²) >= 11 is 0. The van der Waals surface area contributed by atoms with Gasteiger partial charge in [-0.25, -0.2) is 18.9 Å². The third-order valence-corrected chi connectivity index (χ3v) is 5.86. The molecule has 4 aromatic rings. The van der Waals surface area contributed by atoms with Gasteiger partial charge in [0.2, 0.25) is 5.88 Å². The van der Waals surface area contributed by atoms with Crippen LogP contribution >= 0.6 is 0 Å². The number of nitrogens with one attached hydrogen (secondary N) is 2. The molecular formula is C21H18FN5O5S. The van der Waals surface area contributed by atoms with Gasteiger partial charge in [-0.3, -0.25) is 4.72 Å². The lowest BCUT2D eigenvalue weighted by atomic mass is 10.00. The van der Waals surface area contributed by atoms with E-state index in [4.69, 9.17) is 9.15 Å². The van der Waals surface area contributed by atoms with Crippen molar-refractivity contribution in [2.75, 3.05) is 11.8 Å². The molecule has 0 atom stereocenters. The summed E-state index contributed by atoms with van der Waals surface area (Å²) in [7, 11) is -2.78. The Kier molecular flexibility index (Phi) is 6.03. The molecule has 0 fully saturated rings. The van der Waals surface area contributed by atoms with Gasteiger partial charge in [-0.2, -0.15) is 13.5 Å². The summed E-state index contributed by atoms with van der Waals surface area (Å²) in [6, 6.07) is 9.64. The van der Waals surface area contributed by atoms with Gasteiger partial charge in [-0.05, 0) is 42.3 Å². The fourth-order valence-corrected chi connectivity index (χ4v) is 3.66. The summed E-state index contributed by atoms with van der Waals surface area (Å²) in [4.78, 5) is 16.4. The van der Waals surface area contributed by atoms with Crippen molar-refractivity contribution in [3.8, 4) is 11.6 Å². The zero-order valence-electron chi connectivity index (χ0n) is 17.5. The fourth-order valence-electron chi connectivity index (χ4n) is 3.16. The number of fused-ring (bicyclic) bond motifs is 1. The second kappa shape index (κ2) is 8.92. The van der Waals surface area contributed by atoms with E-state index in [1.807, 2.05) is 9.44 Å². The predicted molar refractivity (Wildman–Crippen MR) is 118 cm³/mol. The Bertz CT molecular complexity index is 1490. The number of hydrogen-bond donors (Lipinski definition) is 2. The Morgan fingerprint density at radius 2 is 2.00 bits per heavy atom. The van der Waals surface area contributed by atoms with Gasteiger partial charge in [-0.1, -0.05) is 0 Å². The van der Waals surface area contributed by atoms with E-state index in [0.29, 0.717) is 22.3 Å². The van der Waals surface area contributed by atoms with E-state index in [-0.39, 0.29) is 23.4 Å². The first-order valence-electron chi connectivity index (χ1n) is 9.64. The highest BCUT2D eigenvalue weighted by Gasteiger charge is 2.19. The number of rotatable bonds is 7. The van der Waals surface area contributed by atoms with Gasteiger partial charge >= 0.3 is 5.63 Å².